The van der Waals surface area contributed by atoms with Gasteiger partial charge in [0.1, 0.15) is 11.5 Å². The maximum atomic E-state index is 12.8. The molecule has 116 valence electrons. The van der Waals surface area contributed by atoms with Crippen molar-refractivity contribution < 1.29 is 18.0 Å². The smallest absolute Gasteiger partial charge is 0.365 e. The Balaban J connectivity index is 2.34. The number of carbonyl (C=O) groups excluding carboxylic acids is 1. The maximum absolute atomic E-state index is 12.8. The highest BCUT2D eigenvalue weighted by molar-refractivity contribution is 5.97. The molecule has 1 fully saturated rings. The van der Waals surface area contributed by atoms with E-state index in [-0.39, 0.29) is 11.4 Å². The molecular weight excluding hydrogens is 285 g/mol. The van der Waals surface area contributed by atoms with Crippen molar-refractivity contribution in [1.82, 2.24) is 10.3 Å². The molecule has 21 heavy (non-hydrogen) atoms. The van der Waals surface area contributed by atoms with Crippen LogP contribution in [0.2, 0.25) is 0 Å². The number of pyridine rings is 1. The lowest BCUT2D eigenvalue weighted by Gasteiger charge is -2.21. The molecule has 1 aromatic heterocycles. The summed E-state index contributed by atoms with van der Waals surface area (Å²) in [6.07, 6.45) is -3.72. The summed E-state index contributed by atoms with van der Waals surface area (Å²) in [4.78, 5) is 16.7. The van der Waals surface area contributed by atoms with Crippen LogP contribution in [0, 0.1) is 5.92 Å². The molecule has 2 heterocycles. The van der Waals surface area contributed by atoms with E-state index in [1.807, 2.05) is 7.05 Å². The molecule has 1 aliphatic heterocycles. The van der Waals surface area contributed by atoms with Crippen molar-refractivity contribution in [3.8, 4) is 0 Å². The molecule has 0 spiro atoms. The van der Waals surface area contributed by atoms with Crippen molar-refractivity contribution in [1.29, 1.82) is 0 Å². The van der Waals surface area contributed by atoms with Gasteiger partial charge in [0.2, 0.25) is 0 Å². The second kappa shape index (κ2) is 5.88. The number of anilines is 1. The summed E-state index contributed by atoms with van der Waals surface area (Å²) in [5.74, 6) is -0.439. The van der Waals surface area contributed by atoms with Gasteiger partial charge in [-0.2, -0.15) is 13.2 Å². The Bertz CT molecular complexity index is 533. The molecule has 5 nitrogen and oxygen atoms in total. The summed E-state index contributed by atoms with van der Waals surface area (Å²) < 4.78 is 38.3. The van der Waals surface area contributed by atoms with Crippen LogP contribution in [0.4, 0.5) is 19.0 Å². The van der Waals surface area contributed by atoms with Gasteiger partial charge in [0.25, 0.3) is 5.91 Å². The van der Waals surface area contributed by atoms with Gasteiger partial charge in [0.15, 0.2) is 0 Å². The number of alkyl halides is 3. The predicted octanol–water partition coefficient (Wildman–Crippen LogP) is 1.25. The van der Waals surface area contributed by atoms with E-state index in [0.29, 0.717) is 19.0 Å². The van der Waals surface area contributed by atoms with Gasteiger partial charge >= 0.3 is 6.18 Å². The van der Waals surface area contributed by atoms with Crippen molar-refractivity contribution in [2.75, 3.05) is 31.6 Å². The number of nitrogens with two attached hydrogens (primary N) is 1. The molecule has 0 bridgehead atoms. The van der Waals surface area contributed by atoms with Crippen molar-refractivity contribution in [3.63, 3.8) is 0 Å². The SMILES string of the molecule is CNCC1CCN(c2nc(C(F)(F)F)ccc2C(N)=O)C1. The van der Waals surface area contributed by atoms with Gasteiger partial charge < -0.3 is 16.0 Å². The van der Waals surface area contributed by atoms with Crippen molar-refractivity contribution >= 4 is 11.7 Å². The van der Waals surface area contributed by atoms with E-state index < -0.39 is 17.8 Å². The minimum Gasteiger partial charge on any atom is -0.365 e. The Morgan fingerprint density at radius 1 is 1.52 bits per heavy atom. The monoisotopic (exact) mass is 302 g/mol. The molecule has 1 aromatic rings. The first-order chi connectivity index (χ1) is 9.82. The topological polar surface area (TPSA) is 71.2 Å². The molecule has 1 saturated heterocycles. The van der Waals surface area contributed by atoms with Crippen molar-refractivity contribution in [2.24, 2.45) is 11.7 Å². The molecule has 3 N–H and O–H groups in total. The highest BCUT2D eigenvalue weighted by Crippen LogP contribution is 2.32. The molecule has 1 aliphatic rings. The average molecular weight is 302 g/mol. The second-order valence-electron chi connectivity index (χ2n) is 5.09. The van der Waals surface area contributed by atoms with Gasteiger partial charge in [-0.3, -0.25) is 4.79 Å². The number of primary amides is 1. The average Bonchev–Trinajstić information content (AvgIpc) is 2.86. The fourth-order valence-corrected chi connectivity index (χ4v) is 2.52. The largest absolute Gasteiger partial charge is 0.433 e. The zero-order valence-corrected chi connectivity index (χ0v) is 11.6. The van der Waals surface area contributed by atoms with E-state index in [2.05, 4.69) is 10.3 Å². The summed E-state index contributed by atoms with van der Waals surface area (Å²) in [5, 5.41) is 3.04. The molecule has 0 aliphatic carbocycles. The third-order valence-electron chi connectivity index (χ3n) is 3.51. The first kappa shape index (κ1) is 15.6. The van der Waals surface area contributed by atoms with Crippen LogP contribution in [0.15, 0.2) is 12.1 Å². The van der Waals surface area contributed by atoms with Crippen LogP contribution in [0.5, 0.6) is 0 Å². The van der Waals surface area contributed by atoms with Gasteiger partial charge in [-0.05, 0) is 38.1 Å². The number of hydrogen-bond acceptors (Lipinski definition) is 4. The van der Waals surface area contributed by atoms with Crippen LogP contribution in [-0.4, -0.2) is 37.6 Å². The van der Waals surface area contributed by atoms with Gasteiger partial charge in [-0.1, -0.05) is 0 Å². The summed E-state index contributed by atoms with van der Waals surface area (Å²) in [7, 11) is 1.82. The van der Waals surface area contributed by atoms with Crippen molar-refractivity contribution in [3.05, 3.63) is 23.4 Å². The Kier molecular flexibility index (Phi) is 4.36. The Morgan fingerprint density at radius 3 is 2.81 bits per heavy atom. The van der Waals surface area contributed by atoms with E-state index in [4.69, 9.17) is 5.73 Å². The van der Waals surface area contributed by atoms with Crippen LogP contribution in [-0.2, 0) is 6.18 Å². The Hall–Kier alpha value is -1.83. The lowest BCUT2D eigenvalue weighted by Crippen LogP contribution is -2.28. The molecule has 0 saturated carbocycles. The number of hydrogen-bond donors (Lipinski definition) is 2. The van der Waals surface area contributed by atoms with Crippen LogP contribution in [0.3, 0.4) is 0 Å². The lowest BCUT2D eigenvalue weighted by molar-refractivity contribution is -0.141. The van der Waals surface area contributed by atoms with Crippen LogP contribution >= 0.6 is 0 Å². The van der Waals surface area contributed by atoms with E-state index in [1.54, 1.807) is 4.90 Å². The van der Waals surface area contributed by atoms with Crippen LogP contribution in [0.1, 0.15) is 22.5 Å². The number of amides is 1. The number of aromatic nitrogens is 1. The number of halogens is 3. The van der Waals surface area contributed by atoms with Gasteiger partial charge in [0, 0.05) is 13.1 Å². The molecular formula is C13H17F3N4O. The van der Waals surface area contributed by atoms with Gasteiger partial charge in [-0.15, -0.1) is 0 Å². The third-order valence-corrected chi connectivity index (χ3v) is 3.51. The lowest BCUT2D eigenvalue weighted by atomic mass is 10.1. The molecule has 0 aromatic carbocycles. The number of carbonyl (C=O) groups is 1. The normalized spacial score (nSPS) is 19.0. The fraction of sp³-hybridized carbons (Fsp3) is 0.538. The highest BCUT2D eigenvalue weighted by atomic mass is 19.4. The first-order valence-electron chi connectivity index (χ1n) is 6.60. The first-order valence-corrected chi connectivity index (χ1v) is 6.60. The Morgan fingerprint density at radius 2 is 2.24 bits per heavy atom. The standard InChI is InChI=1S/C13H17F3N4O/c1-18-6-8-4-5-20(7-8)12-9(11(17)21)2-3-10(19-12)13(14,15)16/h2-3,8,18H,4-7H2,1H3,(H2,17,21). The fourth-order valence-electron chi connectivity index (χ4n) is 2.52. The number of rotatable bonds is 4. The molecule has 1 atom stereocenters. The van der Waals surface area contributed by atoms with Crippen molar-refractivity contribution in [2.45, 2.75) is 12.6 Å². The third kappa shape index (κ3) is 3.44. The summed E-state index contributed by atoms with van der Waals surface area (Å²) in [6, 6.07) is 1.88. The molecule has 1 amide bonds. The second-order valence-corrected chi connectivity index (χ2v) is 5.09. The maximum Gasteiger partial charge on any atom is 0.433 e. The molecule has 8 heteroatoms. The van der Waals surface area contributed by atoms with Gasteiger partial charge in [0.05, 0.1) is 5.56 Å². The Labute approximate surface area is 120 Å². The minimum absolute atomic E-state index is 0.0214. The zero-order valence-electron chi connectivity index (χ0n) is 11.6. The summed E-state index contributed by atoms with van der Waals surface area (Å²) in [5.41, 5.74) is 4.24. The van der Waals surface area contributed by atoms with E-state index in [9.17, 15) is 18.0 Å². The summed E-state index contributed by atoms with van der Waals surface area (Å²) >= 11 is 0. The van der Waals surface area contributed by atoms with Gasteiger partial charge in [-0.25, -0.2) is 4.98 Å². The number of nitrogens with one attached hydrogen (secondary N) is 1. The van der Waals surface area contributed by atoms with E-state index in [0.717, 1.165) is 25.1 Å². The summed E-state index contributed by atoms with van der Waals surface area (Å²) in [6.45, 7) is 1.87. The quantitative estimate of drug-likeness (QED) is 0.878. The predicted molar refractivity (Wildman–Crippen MR) is 72.0 cm³/mol. The van der Waals surface area contributed by atoms with E-state index in [1.165, 1.54) is 0 Å². The van der Waals surface area contributed by atoms with Crippen LogP contribution in [0.25, 0.3) is 0 Å². The van der Waals surface area contributed by atoms with Crippen LogP contribution < -0.4 is 16.0 Å². The minimum atomic E-state index is -4.55. The molecule has 1 unspecified atom stereocenters. The number of nitrogens with zero attached hydrogens (tertiary/aromatic N) is 2. The highest BCUT2D eigenvalue weighted by Gasteiger charge is 2.35. The molecule has 2 rings (SSSR count). The zero-order chi connectivity index (χ0) is 15.6. The van der Waals surface area contributed by atoms with E-state index >= 15 is 0 Å². The molecule has 0 radical (unpaired) electrons.